The number of aryl methyl sites for hydroxylation is 1. The van der Waals surface area contributed by atoms with Crippen LogP contribution >= 0.6 is 0 Å². The second kappa shape index (κ2) is 7.54. The number of hydrogen-bond donors (Lipinski definition) is 0. The lowest BCUT2D eigenvalue weighted by Crippen LogP contribution is -2.28. The number of hydrogen-bond acceptors (Lipinski definition) is 2. The molecule has 0 aliphatic rings. The lowest BCUT2D eigenvalue weighted by Gasteiger charge is -2.21. The van der Waals surface area contributed by atoms with E-state index in [2.05, 4.69) is 4.40 Å². The van der Waals surface area contributed by atoms with Crippen LogP contribution in [-0.2, 0) is 10.0 Å². The number of rotatable bonds is 4. The highest BCUT2D eigenvalue weighted by Crippen LogP contribution is 2.19. The van der Waals surface area contributed by atoms with Crippen LogP contribution in [0.5, 0.6) is 0 Å². The summed E-state index contributed by atoms with van der Waals surface area (Å²) in [4.78, 5) is 1.96. The summed E-state index contributed by atoms with van der Waals surface area (Å²) in [6, 6.07) is 25.6. The van der Waals surface area contributed by atoms with Crippen molar-refractivity contribution in [1.29, 1.82) is 0 Å². The predicted molar refractivity (Wildman–Crippen MR) is 106 cm³/mol. The maximum atomic E-state index is 12.8. The molecule has 26 heavy (non-hydrogen) atoms. The third kappa shape index (κ3) is 4.00. The van der Waals surface area contributed by atoms with Crippen LogP contribution in [0.25, 0.3) is 0 Å². The van der Waals surface area contributed by atoms with Gasteiger partial charge in [-0.3, -0.25) is 0 Å². The van der Waals surface area contributed by atoms with Crippen molar-refractivity contribution in [3.63, 3.8) is 0 Å². The second-order valence-corrected chi connectivity index (χ2v) is 7.57. The zero-order valence-electron chi connectivity index (χ0n) is 14.7. The summed E-state index contributed by atoms with van der Waals surface area (Å²) in [5.74, 6) is 0.373. The molecular weight excluding hydrogens is 344 g/mol. The van der Waals surface area contributed by atoms with Crippen LogP contribution in [-0.4, -0.2) is 21.3 Å². The molecule has 4 nitrogen and oxygen atoms in total. The molecule has 3 aromatic rings. The van der Waals surface area contributed by atoms with E-state index >= 15 is 0 Å². The van der Waals surface area contributed by atoms with E-state index in [0.717, 1.165) is 16.8 Å². The zero-order chi connectivity index (χ0) is 18.6. The summed E-state index contributed by atoms with van der Waals surface area (Å²) in [7, 11) is -2.02. The number of nitrogens with zero attached hydrogens (tertiary/aromatic N) is 2. The van der Waals surface area contributed by atoms with E-state index in [1.54, 1.807) is 29.2 Å². The minimum Gasteiger partial charge on any atom is -0.328 e. The summed E-state index contributed by atoms with van der Waals surface area (Å²) in [6.45, 7) is 1.91. The lowest BCUT2D eigenvalue weighted by molar-refractivity contribution is 0.598. The minimum atomic E-state index is -3.83. The van der Waals surface area contributed by atoms with Crippen molar-refractivity contribution >= 4 is 21.5 Å². The van der Waals surface area contributed by atoms with E-state index in [4.69, 9.17) is 0 Å². The Morgan fingerprint density at radius 2 is 1.35 bits per heavy atom. The molecule has 132 valence electrons. The maximum absolute atomic E-state index is 12.8. The Morgan fingerprint density at radius 3 is 1.92 bits per heavy atom. The Balaban J connectivity index is 2.11. The Hall–Kier alpha value is -2.92. The summed E-state index contributed by atoms with van der Waals surface area (Å²) >= 11 is 0. The van der Waals surface area contributed by atoms with Gasteiger partial charge in [0.1, 0.15) is 0 Å². The molecule has 3 aromatic carbocycles. The standard InChI is InChI=1S/C21H20N2O2S/c1-17-13-15-20(16-14-17)26(24,25)22-21(18-9-5-3-6-10-18)23(2)19-11-7-4-8-12-19/h3-16H,1-2H3/b22-21-. The van der Waals surface area contributed by atoms with Crippen LogP contribution in [0.4, 0.5) is 5.69 Å². The van der Waals surface area contributed by atoms with Crippen molar-refractivity contribution in [1.82, 2.24) is 0 Å². The third-order valence-corrected chi connectivity index (χ3v) is 5.30. The smallest absolute Gasteiger partial charge is 0.284 e. The Morgan fingerprint density at radius 1 is 0.808 bits per heavy atom. The van der Waals surface area contributed by atoms with Crippen molar-refractivity contribution in [2.75, 3.05) is 11.9 Å². The first kappa shape index (κ1) is 17.9. The molecule has 0 saturated carbocycles. The topological polar surface area (TPSA) is 49.7 Å². The van der Waals surface area contributed by atoms with Crippen LogP contribution in [0.1, 0.15) is 11.1 Å². The van der Waals surface area contributed by atoms with E-state index in [9.17, 15) is 8.42 Å². The van der Waals surface area contributed by atoms with Gasteiger partial charge in [0.25, 0.3) is 10.0 Å². The van der Waals surface area contributed by atoms with Crippen molar-refractivity contribution in [3.05, 3.63) is 96.1 Å². The highest BCUT2D eigenvalue weighted by Gasteiger charge is 2.18. The maximum Gasteiger partial charge on any atom is 0.284 e. The first-order valence-electron chi connectivity index (χ1n) is 8.23. The molecule has 0 N–H and O–H groups in total. The highest BCUT2D eigenvalue weighted by molar-refractivity contribution is 7.90. The summed E-state index contributed by atoms with van der Waals surface area (Å²) < 4.78 is 29.9. The fourth-order valence-electron chi connectivity index (χ4n) is 2.55. The van der Waals surface area contributed by atoms with Crippen LogP contribution in [0, 0.1) is 6.92 Å². The molecule has 0 saturated heterocycles. The Kier molecular flexibility index (Phi) is 5.19. The van der Waals surface area contributed by atoms with E-state index in [0.29, 0.717) is 5.84 Å². The van der Waals surface area contributed by atoms with E-state index < -0.39 is 10.0 Å². The van der Waals surface area contributed by atoms with Crippen molar-refractivity contribution in [2.24, 2.45) is 4.40 Å². The quantitative estimate of drug-likeness (QED) is 0.513. The number of anilines is 1. The van der Waals surface area contributed by atoms with Gasteiger partial charge < -0.3 is 4.90 Å². The van der Waals surface area contributed by atoms with Gasteiger partial charge in [-0.15, -0.1) is 4.40 Å². The number of amidine groups is 1. The normalized spacial score (nSPS) is 12.0. The Bertz CT molecular complexity index is 997. The summed E-state index contributed by atoms with van der Waals surface area (Å²) in [6.07, 6.45) is 0. The molecular formula is C21H20N2O2S. The molecule has 0 bridgehead atoms. The summed E-state index contributed by atoms with van der Waals surface area (Å²) in [5, 5.41) is 0. The van der Waals surface area contributed by atoms with Crippen LogP contribution in [0.3, 0.4) is 0 Å². The molecule has 0 fully saturated rings. The van der Waals surface area contributed by atoms with Crippen LogP contribution in [0.15, 0.2) is 94.2 Å². The number of benzene rings is 3. The lowest BCUT2D eigenvalue weighted by atomic mass is 10.2. The Labute approximate surface area is 154 Å². The van der Waals surface area contributed by atoms with E-state index in [1.165, 1.54) is 0 Å². The van der Waals surface area contributed by atoms with Gasteiger partial charge in [0.05, 0.1) is 4.90 Å². The monoisotopic (exact) mass is 364 g/mol. The number of para-hydroxylation sites is 1. The van der Waals surface area contributed by atoms with Crippen molar-refractivity contribution < 1.29 is 8.42 Å². The molecule has 0 radical (unpaired) electrons. The third-order valence-electron chi connectivity index (χ3n) is 4.02. The van der Waals surface area contributed by atoms with E-state index in [-0.39, 0.29) is 4.90 Å². The number of sulfonamides is 1. The fourth-order valence-corrected chi connectivity index (χ4v) is 3.59. The van der Waals surface area contributed by atoms with Gasteiger partial charge >= 0.3 is 0 Å². The molecule has 0 aliphatic carbocycles. The minimum absolute atomic E-state index is 0.179. The zero-order valence-corrected chi connectivity index (χ0v) is 15.5. The molecule has 0 heterocycles. The molecule has 5 heteroatoms. The SMILES string of the molecule is Cc1ccc(S(=O)(=O)/N=C(/c2ccccc2)N(C)c2ccccc2)cc1. The van der Waals surface area contributed by atoms with Gasteiger partial charge in [-0.05, 0) is 31.2 Å². The average molecular weight is 364 g/mol. The first-order chi connectivity index (χ1) is 12.5. The van der Waals surface area contributed by atoms with Gasteiger partial charge in [0, 0.05) is 18.3 Å². The molecule has 0 aromatic heterocycles. The van der Waals surface area contributed by atoms with E-state index in [1.807, 2.05) is 74.6 Å². The largest absolute Gasteiger partial charge is 0.328 e. The van der Waals surface area contributed by atoms with Crippen LogP contribution in [0.2, 0.25) is 0 Å². The van der Waals surface area contributed by atoms with Gasteiger partial charge in [0.2, 0.25) is 0 Å². The van der Waals surface area contributed by atoms with Gasteiger partial charge in [-0.25, -0.2) is 0 Å². The molecule has 0 atom stereocenters. The average Bonchev–Trinajstić information content (AvgIpc) is 2.67. The summed E-state index contributed by atoms with van der Waals surface area (Å²) in [5.41, 5.74) is 2.58. The fraction of sp³-hybridized carbons (Fsp3) is 0.0952. The van der Waals surface area contributed by atoms with Crippen LogP contribution < -0.4 is 4.90 Å². The highest BCUT2D eigenvalue weighted by atomic mass is 32.2. The predicted octanol–water partition coefficient (Wildman–Crippen LogP) is 4.27. The second-order valence-electron chi connectivity index (χ2n) is 5.96. The van der Waals surface area contributed by atoms with Crippen molar-refractivity contribution in [3.8, 4) is 0 Å². The molecule has 0 aliphatic heterocycles. The molecule has 3 rings (SSSR count). The van der Waals surface area contributed by atoms with Gasteiger partial charge in [-0.1, -0.05) is 66.2 Å². The van der Waals surface area contributed by atoms with Gasteiger partial charge in [-0.2, -0.15) is 8.42 Å². The first-order valence-corrected chi connectivity index (χ1v) is 9.67. The van der Waals surface area contributed by atoms with Gasteiger partial charge in [0.15, 0.2) is 5.84 Å². The molecule has 0 unspecified atom stereocenters. The van der Waals surface area contributed by atoms with Crippen molar-refractivity contribution in [2.45, 2.75) is 11.8 Å². The molecule has 0 spiro atoms. The molecule has 0 amide bonds.